The zero-order valence-corrected chi connectivity index (χ0v) is 16.7. The molecule has 144 valence electrons. The number of halogens is 1. The first-order valence-electron chi connectivity index (χ1n) is 8.88. The number of hydrogen-bond acceptors (Lipinski definition) is 5. The fraction of sp³-hybridized carbons (Fsp3) is 0.190. The van der Waals surface area contributed by atoms with Crippen molar-refractivity contribution in [2.75, 3.05) is 17.2 Å². The quantitative estimate of drug-likeness (QED) is 0.603. The Balaban J connectivity index is 1.85. The summed E-state index contributed by atoms with van der Waals surface area (Å²) in [6.07, 6.45) is 0. The molecule has 1 amide bonds. The third-order valence-corrected chi connectivity index (χ3v) is 4.20. The number of rotatable bonds is 6. The van der Waals surface area contributed by atoms with Gasteiger partial charge in [0.2, 0.25) is 5.95 Å². The molecule has 0 saturated heterocycles. The molecule has 0 unspecified atom stereocenters. The molecule has 0 aliphatic rings. The van der Waals surface area contributed by atoms with Crippen molar-refractivity contribution >= 4 is 34.8 Å². The van der Waals surface area contributed by atoms with Crippen LogP contribution < -0.4 is 15.4 Å². The number of nitrogens with zero attached hydrogens (tertiary/aromatic N) is 2. The van der Waals surface area contributed by atoms with Crippen LogP contribution in [0.25, 0.3) is 0 Å². The Labute approximate surface area is 168 Å². The lowest BCUT2D eigenvalue weighted by Crippen LogP contribution is -2.16. The summed E-state index contributed by atoms with van der Waals surface area (Å²) in [6.45, 7) is 6.16. The maximum Gasteiger partial charge on any atom is 0.274 e. The van der Waals surface area contributed by atoms with Crippen LogP contribution in [0.4, 0.5) is 17.3 Å². The standard InChI is InChI=1S/C21H21ClN4O2/c1-4-28-19-8-6-5-7-16(19)25-21-23-14(3)11-18(26-21)20(27)24-17-12-15(22)10-9-13(17)2/h5-12H,4H2,1-3H3,(H,24,27)(H,23,25,26). The molecule has 0 atom stereocenters. The summed E-state index contributed by atoms with van der Waals surface area (Å²) in [5.74, 6) is 0.674. The largest absolute Gasteiger partial charge is 0.492 e. The monoisotopic (exact) mass is 396 g/mol. The lowest BCUT2D eigenvalue weighted by atomic mass is 10.2. The van der Waals surface area contributed by atoms with E-state index in [2.05, 4.69) is 20.6 Å². The summed E-state index contributed by atoms with van der Waals surface area (Å²) < 4.78 is 5.61. The molecule has 3 rings (SSSR count). The van der Waals surface area contributed by atoms with E-state index in [1.807, 2.05) is 51.1 Å². The van der Waals surface area contributed by atoms with Crippen LogP contribution in [0.5, 0.6) is 5.75 Å². The molecule has 0 bridgehead atoms. The number of aryl methyl sites for hydroxylation is 2. The normalized spacial score (nSPS) is 10.4. The van der Waals surface area contributed by atoms with E-state index in [4.69, 9.17) is 16.3 Å². The molecule has 0 aliphatic carbocycles. The highest BCUT2D eigenvalue weighted by atomic mass is 35.5. The van der Waals surface area contributed by atoms with E-state index in [0.717, 1.165) is 11.3 Å². The van der Waals surface area contributed by atoms with Gasteiger partial charge in [0.05, 0.1) is 12.3 Å². The molecule has 0 fully saturated rings. The molecule has 1 aromatic heterocycles. The number of anilines is 3. The van der Waals surface area contributed by atoms with E-state index in [1.54, 1.807) is 18.2 Å². The van der Waals surface area contributed by atoms with Crippen LogP contribution in [0, 0.1) is 13.8 Å². The van der Waals surface area contributed by atoms with Crippen LogP contribution in [0.2, 0.25) is 5.02 Å². The van der Waals surface area contributed by atoms with Gasteiger partial charge in [-0.05, 0) is 56.7 Å². The van der Waals surface area contributed by atoms with Gasteiger partial charge < -0.3 is 15.4 Å². The van der Waals surface area contributed by atoms with Gasteiger partial charge in [0.1, 0.15) is 11.4 Å². The van der Waals surface area contributed by atoms with Crippen LogP contribution in [-0.4, -0.2) is 22.5 Å². The molecule has 2 N–H and O–H groups in total. The summed E-state index contributed by atoms with van der Waals surface area (Å²) in [4.78, 5) is 21.4. The second kappa shape index (κ2) is 8.71. The van der Waals surface area contributed by atoms with Crippen molar-refractivity contribution in [3.8, 4) is 5.75 Å². The number of carbonyl (C=O) groups excluding carboxylic acids is 1. The topological polar surface area (TPSA) is 76.1 Å². The molecule has 7 heteroatoms. The van der Waals surface area contributed by atoms with Gasteiger partial charge in [0.15, 0.2) is 0 Å². The van der Waals surface area contributed by atoms with Gasteiger partial charge in [0, 0.05) is 16.4 Å². The van der Waals surface area contributed by atoms with Crippen molar-refractivity contribution in [1.29, 1.82) is 0 Å². The maximum atomic E-state index is 12.7. The van der Waals surface area contributed by atoms with Gasteiger partial charge in [-0.1, -0.05) is 29.8 Å². The van der Waals surface area contributed by atoms with Crippen LogP contribution in [0.3, 0.4) is 0 Å². The van der Waals surface area contributed by atoms with Gasteiger partial charge in [-0.3, -0.25) is 4.79 Å². The average Bonchev–Trinajstić information content (AvgIpc) is 2.66. The van der Waals surface area contributed by atoms with Gasteiger partial charge in [-0.2, -0.15) is 0 Å². The Hall–Kier alpha value is -3.12. The predicted octanol–water partition coefficient (Wildman–Crippen LogP) is 5.14. The van der Waals surface area contributed by atoms with E-state index < -0.39 is 0 Å². The van der Waals surface area contributed by atoms with Crippen molar-refractivity contribution in [2.24, 2.45) is 0 Å². The Morgan fingerprint density at radius 1 is 1.07 bits per heavy atom. The van der Waals surface area contributed by atoms with Crippen LogP contribution in [0.1, 0.15) is 28.7 Å². The Kier molecular flexibility index (Phi) is 6.11. The Morgan fingerprint density at radius 2 is 1.86 bits per heavy atom. The van der Waals surface area contributed by atoms with Crippen molar-refractivity contribution in [3.63, 3.8) is 0 Å². The molecule has 0 saturated carbocycles. The third kappa shape index (κ3) is 4.78. The summed E-state index contributed by atoms with van der Waals surface area (Å²) >= 11 is 6.03. The molecular weight excluding hydrogens is 376 g/mol. The van der Waals surface area contributed by atoms with Crippen LogP contribution in [0.15, 0.2) is 48.5 Å². The zero-order valence-electron chi connectivity index (χ0n) is 15.9. The predicted molar refractivity (Wildman–Crippen MR) is 112 cm³/mol. The minimum absolute atomic E-state index is 0.253. The SMILES string of the molecule is CCOc1ccccc1Nc1nc(C)cc(C(=O)Nc2cc(Cl)ccc2C)n1. The molecule has 1 heterocycles. The summed E-state index contributed by atoms with van der Waals surface area (Å²) in [5.41, 5.74) is 3.20. The van der Waals surface area contributed by atoms with Gasteiger partial charge >= 0.3 is 0 Å². The van der Waals surface area contributed by atoms with Crippen molar-refractivity contribution in [2.45, 2.75) is 20.8 Å². The summed E-state index contributed by atoms with van der Waals surface area (Å²) in [6, 6.07) is 14.5. The molecule has 0 aliphatic heterocycles. The number of hydrogen-bond donors (Lipinski definition) is 2. The zero-order chi connectivity index (χ0) is 20.1. The first-order chi connectivity index (χ1) is 13.5. The highest BCUT2D eigenvalue weighted by Gasteiger charge is 2.13. The highest BCUT2D eigenvalue weighted by molar-refractivity contribution is 6.31. The second-order valence-corrected chi connectivity index (χ2v) is 6.62. The first kappa shape index (κ1) is 19.6. The Morgan fingerprint density at radius 3 is 2.64 bits per heavy atom. The van der Waals surface area contributed by atoms with Crippen LogP contribution in [-0.2, 0) is 0 Å². The van der Waals surface area contributed by atoms with Crippen molar-refractivity contribution in [1.82, 2.24) is 9.97 Å². The van der Waals surface area contributed by atoms with E-state index in [0.29, 0.717) is 34.7 Å². The fourth-order valence-corrected chi connectivity index (χ4v) is 2.80. The van der Waals surface area contributed by atoms with Crippen LogP contribution >= 0.6 is 11.6 Å². The van der Waals surface area contributed by atoms with Gasteiger partial charge in [-0.25, -0.2) is 9.97 Å². The first-order valence-corrected chi connectivity index (χ1v) is 9.26. The average molecular weight is 397 g/mol. The molecular formula is C21H21ClN4O2. The van der Waals surface area contributed by atoms with Crippen molar-refractivity contribution in [3.05, 3.63) is 70.5 Å². The van der Waals surface area contributed by atoms with Gasteiger partial charge in [-0.15, -0.1) is 0 Å². The van der Waals surface area contributed by atoms with Gasteiger partial charge in [0.25, 0.3) is 5.91 Å². The van der Waals surface area contributed by atoms with E-state index in [-0.39, 0.29) is 11.6 Å². The smallest absolute Gasteiger partial charge is 0.274 e. The lowest BCUT2D eigenvalue weighted by molar-refractivity contribution is 0.102. The summed E-state index contributed by atoms with van der Waals surface area (Å²) in [7, 11) is 0. The number of aromatic nitrogens is 2. The second-order valence-electron chi connectivity index (χ2n) is 6.19. The minimum Gasteiger partial charge on any atom is -0.492 e. The number of nitrogens with one attached hydrogen (secondary N) is 2. The number of para-hydroxylation sites is 2. The van der Waals surface area contributed by atoms with E-state index in [1.165, 1.54) is 0 Å². The maximum absolute atomic E-state index is 12.7. The number of amides is 1. The number of benzene rings is 2. The van der Waals surface area contributed by atoms with Crippen molar-refractivity contribution < 1.29 is 9.53 Å². The third-order valence-electron chi connectivity index (χ3n) is 3.97. The number of carbonyl (C=O) groups is 1. The number of ether oxygens (including phenoxy) is 1. The molecule has 2 aromatic carbocycles. The molecule has 3 aromatic rings. The van der Waals surface area contributed by atoms with E-state index in [9.17, 15) is 4.79 Å². The van der Waals surface area contributed by atoms with E-state index >= 15 is 0 Å². The minimum atomic E-state index is -0.336. The molecule has 0 spiro atoms. The molecule has 0 radical (unpaired) electrons. The fourth-order valence-electron chi connectivity index (χ4n) is 2.63. The highest BCUT2D eigenvalue weighted by Crippen LogP contribution is 2.26. The lowest BCUT2D eigenvalue weighted by Gasteiger charge is -2.13. The molecule has 28 heavy (non-hydrogen) atoms. The Bertz CT molecular complexity index is 1010. The summed E-state index contributed by atoms with van der Waals surface area (Å²) in [5, 5.41) is 6.53. The molecule has 6 nitrogen and oxygen atoms in total.